The third-order valence-corrected chi connectivity index (χ3v) is 2.40. The maximum atomic E-state index is 12.3. The lowest BCUT2D eigenvalue weighted by molar-refractivity contribution is -0.0493. The van der Waals surface area contributed by atoms with Crippen LogP contribution in [0.25, 0.3) is 0 Å². The van der Waals surface area contributed by atoms with Gasteiger partial charge in [0, 0.05) is 0 Å². The minimum Gasteiger partial charge on any atom is -0.479 e. The Labute approximate surface area is 113 Å². The molecule has 106 valence electrons. The lowest BCUT2D eigenvalue weighted by Gasteiger charge is -2.13. The molecule has 0 unspecified atom stereocenters. The molecule has 0 aliphatic carbocycles. The number of methoxy groups -OCH3 is 1. The van der Waals surface area contributed by atoms with Crippen LogP contribution in [0.5, 0.6) is 11.6 Å². The van der Waals surface area contributed by atoms with Gasteiger partial charge in [-0.05, 0) is 12.1 Å². The third-order valence-electron chi connectivity index (χ3n) is 2.40. The first-order valence-electron chi connectivity index (χ1n) is 5.57. The summed E-state index contributed by atoms with van der Waals surface area (Å²) in [4.78, 5) is 7.75. The fourth-order valence-electron chi connectivity index (χ4n) is 1.54. The summed E-state index contributed by atoms with van der Waals surface area (Å²) in [7, 11) is 1.41. The molecular formula is C12H12F2N4O2. The van der Waals surface area contributed by atoms with Gasteiger partial charge in [-0.25, -0.2) is 4.98 Å². The molecule has 0 aliphatic rings. The van der Waals surface area contributed by atoms with E-state index in [0.29, 0.717) is 5.69 Å². The molecule has 2 rings (SSSR count). The molecule has 20 heavy (non-hydrogen) atoms. The third kappa shape index (κ3) is 3.02. The summed E-state index contributed by atoms with van der Waals surface area (Å²) in [6.07, 6.45) is 1.24. The number of anilines is 3. The molecule has 0 bridgehead atoms. The predicted molar refractivity (Wildman–Crippen MR) is 69.4 cm³/mol. The molecule has 0 saturated heterocycles. The highest BCUT2D eigenvalue weighted by atomic mass is 19.3. The van der Waals surface area contributed by atoms with Gasteiger partial charge in [-0.2, -0.15) is 13.8 Å². The number of hydrogen-bond donors (Lipinski definition) is 2. The number of aromatic nitrogens is 2. The number of hydrogen-bond acceptors (Lipinski definition) is 6. The van der Waals surface area contributed by atoms with E-state index >= 15 is 0 Å². The molecule has 3 N–H and O–H groups in total. The van der Waals surface area contributed by atoms with Crippen LogP contribution < -0.4 is 20.5 Å². The van der Waals surface area contributed by atoms with Crippen LogP contribution >= 0.6 is 0 Å². The number of nitrogens with two attached hydrogens (primary N) is 1. The normalized spacial score (nSPS) is 10.4. The van der Waals surface area contributed by atoms with Gasteiger partial charge in [0.05, 0.1) is 12.8 Å². The highest BCUT2D eigenvalue weighted by molar-refractivity contribution is 5.74. The Bertz CT molecular complexity index is 595. The van der Waals surface area contributed by atoms with Gasteiger partial charge in [-0.15, -0.1) is 0 Å². The van der Waals surface area contributed by atoms with E-state index in [9.17, 15) is 8.78 Å². The molecular weight excluding hydrogens is 270 g/mol. The Balaban J connectivity index is 2.30. The summed E-state index contributed by atoms with van der Waals surface area (Å²) in [6.45, 7) is -2.92. The molecule has 2 aromatic rings. The second-order valence-corrected chi connectivity index (χ2v) is 3.64. The lowest BCUT2D eigenvalue weighted by Crippen LogP contribution is -2.06. The van der Waals surface area contributed by atoms with E-state index in [4.69, 9.17) is 10.5 Å². The summed E-state index contributed by atoms with van der Waals surface area (Å²) >= 11 is 0. The highest BCUT2D eigenvalue weighted by Crippen LogP contribution is 2.32. The first kappa shape index (κ1) is 13.8. The molecule has 1 aromatic heterocycles. The molecule has 0 spiro atoms. The minimum atomic E-state index is -2.92. The van der Waals surface area contributed by atoms with Crippen LogP contribution in [0.15, 0.2) is 30.6 Å². The van der Waals surface area contributed by atoms with Crippen LogP contribution in [0.1, 0.15) is 0 Å². The van der Waals surface area contributed by atoms with Crippen molar-refractivity contribution in [3.63, 3.8) is 0 Å². The Morgan fingerprint density at radius 1 is 1.25 bits per heavy atom. The zero-order valence-corrected chi connectivity index (χ0v) is 10.5. The molecule has 6 nitrogen and oxygen atoms in total. The van der Waals surface area contributed by atoms with Crippen molar-refractivity contribution in [3.8, 4) is 11.6 Å². The Hall–Kier alpha value is -2.64. The van der Waals surface area contributed by atoms with E-state index in [1.165, 1.54) is 19.5 Å². The van der Waals surface area contributed by atoms with Gasteiger partial charge in [0.25, 0.3) is 0 Å². The SMILES string of the molecule is COc1ncnc(Nc2ccccc2OC(F)F)c1N. The van der Waals surface area contributed by atoms with Gasteiger partial charge in [-0.1, -0.05) is 12.1 Å². The molecule has 1 heterocycles. The Morgan fingerprint density at radius 2 is 2.00 bits per heavy atom. The van der Waals surface area contributed by atoms with Gasteiger partial charge in [0.2, 0.25) is 5.88 Å². The molecule has 0 fully saturated rings. The maximum absolute atomic E-state index is 12.3. The summed E-state index contributed by atoms with van der Waals surface area (Å²) < 4.78 is 34.0. The summed E-state index contributed by atoms with van der Waals surface area (Å²) in [5, 5.41) is 2.81. The zero-order valence-electron chi connectivity index (χ0n) is 10.5. The number of nitrogens with zero attached hydrogens (tertiary/aromatic N) is 2. The van der Waals surface area contributed by atoms with E-state index < -0.39 is 6.61 Å². The van der Waals surface area contributed by atoms with Crippen LogP contribution in [0.3, 0.4) is 0 Å². The second-order valence-electron chi connectivity index (χ2n) is 3.64. The monoisotopic (exact) mass is 282 g/mol. The first-order valence-corrected chi connectivity index (χ1v) is 5.57. The van der Waals surface area contributed by atoms with Crippen molar-refractivity contribution >= 4 is 17.2 Å². The van der Waals surface area contributed by atoms with E-state index in [1.807, 2.05) is 0 Å². The standard InChI is InChI=1S/C12H12F2N4O2/c1-19-11-9(15)10(16-6-17-11)18-7-4-2-3-5-8(7)20-12(13)14/h2-6,12H,15H2,1H3,(H,16,17,18). The van der Waals surface area contributed by atoms with E-state index in [0.717, 1.165) is 0 Å². The quantitative estimate of drug-likeness (QED) is 0.876. The number of benzene rings is 1. The molecule has 0 atom stereocenters. The van der Waals surface area contributed by atoms with Crippen molar-refractivity contribution < 1.29 is 18.3 Å². The highest BCUT2D eigenvalue weighted by Gasteiger charge is 2.13. The van der Waals surface area contributed by atoms with Gasteiger partial charge in [-0.3, -0.25) is 0 Å². The number of rotatable bonds is 5. The smallest absolute Gasteiger partial charge is 0.387 e. The van der Waals surface area contributed by atoms with Crippen molar-refractivity contribution in [2.75, 3.05) is 18.2 Å². The molecule has 1 aromatic carbocycles. The van der Waals surface area contributed by atoms with E-state index in [2.05, 4.69) is 20.0 Å². The van der Waals surface area contributed by atoms with Gasteiger partial charge in [0.15, 0.2) is 5.82 Å². The number of para-hydroxylation sites is 2. The zero-order chi connectivity index (χ0) is 14.5. The van der Waals surface area contributed by atoms with Crippen LogP contribution in [0.4, 0.5) is 26.0 Å². The Morgan fingerprint density at radius 3 is 2.70 bits per heavy atom. The molecule has 0 aliphatic heterocycles. The molecule has 8 heteroatoms. The van der Waals surface area contributed by atoms with Crippen molar-refractivity contribution in [2.24, 2.45) is 0 Å². The lowest BCUT2D eigenvalue weighted by atomic mass is 10.3. The van der Waals surface area contributed by atoms with Crippen LogP contribution in [-0.2, 0) is 0 Å². The maximum Gasteiger partial charge on any atom is 0.387 e. The number of nitrogens with one attached hydrogen (secondary N) is 1. The first-order chi connectivity index (χ1) is 9.61. The van der Waals surface area contributed by atoms with Crippen molar-refractivity contribution in [2.45, 2.75) is 6.61 Å². The summed E-state index contributed by atoms with van der Waals surface area (Å²) in [5.74, 6) is 0.413. The van der Waals surface area contributed by atoms with E-state index in [1.54, 1.807) is 18.2 Å². The average molecular weight is 282 g/mol. The van der Waals surface area contributed by atoms with Crippen LogP contribution in [-0.4, -0.2) is 23.7 Å². The van der Waals surface area contributed by atoms with Crippen molar-refractivity contribution in [1.29, 1.82) is 0 Å². The molecule has 0 amide bonds. The number of nitrogen functional groups attached to an aromatic ring is 1. The van der Waals surface area contributed by atoms with Crippen molar-refractivity contribution in [3.05, 3.63) is 30.6 Å². The largest absolute Gasteiger partial charge is 0.479 e. The second kappa shape index (κ2) is 6.00. The van der Waals surface area contributed by atoms with Gasteiger partial charge < -0.3 is 20.5 Å². The van der Waals surface area contributed by atoms with Gasteiger partial charge >= 0.3 is 6.61 Å². The molecule has 0 saturated carbocycles. The summed E-state index contributed by atoms with van der Waals surface area (Å²) in [5.41, 5.74) is 6.27. The number of ether oxygens (including phenoxy) is 2. The number of alkyl halides is 2. The predicted octanol–water partition coefficient (Wildman–Crippen LogP) is 2.41. The summed E-state index contributed by atoms with van der Waals surface area (Å²) in [6, 6.07) is 6.21. The topological polar surface area (TPSA) is 82.3 Å². The Kier molecular flexibility index (Phi) is 4.14. The van der Waals surface area contributed by atoms with E-state index in [-0.39, 0.29) is 23.1 Å². The average Bonchev–Trinajstić information content (AvgIpc) is 2.42. The van der Waals surface area contributed by atoms with Crippen molar-refractivity contribution in [1.82, 2.24) is 9.97 Å². The fourth-order valence-corrected chi connectivity index (χ4v) is 1.54. The number of halogens is 2. The molecule has 0 radical (unpaired) electrons. The fraction of sp³-hybridized carbons (Fsp3) is 0.167. The van der Waals surface area contributed by atoms with Crippen LogP contribution in [0.2, 0.25) is 0 Å². The van der Waals surface area contributed by atoms with Crippen LogP contribution in [0, 0.1) is 0 Å². The minimum absolute atomic E-state index is 0.0144. The van der Waals surface area contributed by atoms with Gasteiger partial charge in [0.1, 0.15) is 17.8 Å².